The average molecular weight is 369 g/mol. The van der Waals surface area contributed by atoms with Gasteiger partial charge in [-0.3, -0.25) is 4.79 Å². The number of hydrogen-bond acceptors (Lipinski definition) is 2. The standard InChI is InChI=1S/C15H8BrCl2NO/c16-10-3-1-9(2-4-10)15(20)13(8-19)12-6-5-11(17)7-14(12)18/h1-7,13H. The highest BCUT2D eigenvalue weighted by atomic mass is 79.9. The summed E-state index contributed by atoms with van der Waals surface area (Å²) < 4.78 is 0.868. The van der Waals surface area contributed by atoms with Crippen molar-refractivity contribution in [2.45, 2.75) is 5.92 Å². The van der Waals surface area contributed by atoms with Gasteiger partial charge in [-0.2, -0.15) is 5.26 Å². The van der Waals surface area contributed by atoms with Gasteiger partial charge in [-0.1, -0.05) is 57.3 Å². The predicted octanol–water partition coefficient (Wildman–Crippen LogP) is 5.25. The Hall–Kier alpha value is -1.34. The maximum atomic E-state index is 12.4. The zero-order valence-corrected chi connectivity index (χ0v) is 13.2. The smallest absolute Gasteiger partial charge is 0.184 e. The van der Waals surface area contributed by atoms with Crippen molar-refractivity contribution in [2.24, 2.45) is 0 Å². The topological polar surface area (TPSA) is 40.9 Å². The number of ketones is 1. The van der Waals surface area contributed by atoms with E-state index in [4.69, 9.17) is 23.2 Å². The van der Waals surface area contributed by atoms with Crippen molar-refractivity contribution in [3.8, 4) is 6.07 Å². The van der Waals surface area contributed by atoms with Crippen LogP contribution in [0.15, 0.2) is 46.9 Å². The van der Waals surface area contributed by atoms with Crippen molar-refractivity contribution in [1.82, 2.24) is 0 Å². The van der Waals surface area contributed by atoms with Gasteiger partial charge in [0.1, 0.15) is 5.92 Å². The Morgan fingerprint density at radius 1 is 1.15 bits per heavy atom. The molecule has 0 spiro atoms. The van der Waals surface area contributed by atoms with Crippen LogP contribution in [-0.2, 0) is 0 Å². The molecule has 2 aromatic rings. The zero-order valence-electron chi connectivity index (χ0n) is 10.1. The maximum absolute atomic E-state index is 12.4. The molecule has 20 heavy (non-hydrogen) atoms. The number of hydrogen-bond donors (Lipinski definition) is 0. The number of carbonyl (C=O) groups excluding carboxylic acids is 1. The van der Waals surface area contributed by atoms with Crippen LogP contribution in [0.3, 0.4) is 0 Å². The van der Waals surface area contributed by atoms with Crippen LogP contribution >= 0.6 is 39.1 Å². The molecular formula is C15H8BrCl2NO. The molecule has 2 aromatic carbocycles. The van der Waals surface area contributed by atoms with E-state index in [1.165, 1.54) is 6.07 Å². The molecule has 0 aliphatic heterocycles. The minimum Gasteiger partial charge on any atom is -0.292 e. The van der Waals surface area contributed by atoms with Gasteiger partial charge in [-0.25, -0.2) is 0 Å². The lowest BCUT2D eigenvalue weighted by Crippen LogP contribution is -2.11. The number of carbonyl (C=O) groups is 1. The van der Waals surface area contributed by atoms with Crippen LogP contribution in [0.2, 0.25) is 10.0 Å². The summed E-state index contributed by atoms with van der Waals surface area (Å²) in [6, 6.07) is 13.6. The summed E-state index contributed by atoms with van der Waals surface area (Å²) in [5.41, 5.74) is 0.928. The van der Waals surface area contributed by atoms with E-state index in [2.05, 4.69) is 15.9 Å². The highest BCUT2D eigenvalue weighted by Gasteiger charge is 2.24. The van der Waals surface area contributed by atoms with Crippen molar-refractivity contribution in [3.05, 3.63) is 68.1 Å². The van der Waals surface area contributed by atoms with Gasteiger partial charge in [0.15, 0.2) is 5.78 Å². The molecule has 2 rings (SSSR count). The molecule has 0 saturated carbocycles. The quantitative estimate of drug-likeness (QED) is 0.694. The van der Waals surface area contributed by atoms with Crippen LogP contribution in [0.1, 0.15) is 21.8 Å². The molecule has 0 radical (unpaired) electrons. The minimum absolute atomic E-state index is 0.288. The zero-order chi connectivity index (χ0) is 14.7. The Kier molecular flexibility index (Phi) is 4.82. The Labute approximate surface area is 135 Å². The van der Waals surface area contributed by atoms with Crippen molar-refractivity contribution in [1.29, 1.82) is 5.26 Å². The molecule has 5 heteroatoms. The SMILES string of the molecule is N#CC(C(=O)c1ccc(Br)cc1)c1ccc(Cl)cc1Cl. The maximum Gasteiger partial charge on any atom is 0.184 e. The molecule has 1 atom stereocenters. The number of nitriles is 1. The second-order valence-electron chi connectivity index (χ2n) is 4.10. The van der Waals surface area contributed by atoms with Gasteiger partial charge < -0.3 is 0 Å². The number of halogens is 3. The first kappa shape index (κ1) is 15.1. The third-order valence-corrected chi connectivity index (χ3v) is 3.88. The molecule has 0 fully saturated rings. The van der Waals surface area contributed by atoms with Crippen molar-refractivity contribution in [3.63, 3.8) is 0 Å². The van der Waals surface area contributed by atoms with E-state index in [0.717, 1.165) is 4.47 Å². The fourth-order valence-electron chi connectivity index (χ4n) is 1.79. The van der Waals surface area contributed by atoms with E-state index in [1.54, 1.807) is 36.4 Å². The molecule has 100 valence electrons. The first-order chi connectivity index (χ1) is 9.52. The lowest BCUT2D eigenvalue weighted by molar-refractivity contribution is 0.0979. The van der Waals surface area contributed by atoms with Gasteiger partial charge in [0.05, 0.1) is 6.07 Å². The van der Waals surface area contributed by atoms with E-state index >= 15 is 0 Å². The first-order valence-corrected chi connectivity index (χ1v) is 7.22. The molecular weight excluding hydrogens is 361 g/mol. The van der Waals surface area contributed by atoms with Gasteiger partial charge in [0.2, 0.25) is 0 Å². The fourth-order valence-corrected chi connectivity index (χ4v) is 2.57. The Bertz CT molecular complexity index is 692. The Morgan fingerprint density at radius 3 is 2.35 bits per heavy atom. The van der Waals surface area contributed by atoms with E-state index in [-0.39, 0.29) is 5.78 Å². The predicted molar refractivity (Wildman–Crippen MR) is 83.3 cm³/mol. The highest BCUT2D eigenvalue weighted by Crippen LogP contribution is 2.29. The van der Waals surface area contributed by atoms with Gasteiger partial charge in [0, 0.05) is 20.1 Å². The van der Waals surface area contributed by atoms with Crippen molar-refractivity contribution >= 4 is 44.9 Å². The van der Waals surface area contributed by atoms with Crippen molar-refractivity contribution in [2.75, 3.05) is 0 Å². The van der Waals surface area contributed by atoms with E-state index in [1.807, 2.05) is 6.07 Å². The molecule has 0 aliphatic carbocycles. The van der Waals surface area contributed by atoms with Crippen LogP contribution in [0.25, 0.3) is 0 Å². The molecule has 0 saturated heterocycles. The van der Waals surface area contributed by atoms with E-state index in [0.29, 0.717) is 21.2 Å². The van der Waals surface area contributed by atoms with E-state index < -0.39 is 5.92 Å². The van der Waals surface area contributed by atoms with Gasteiger partial charge in [-0.05, 0) is 29.8 Å². The van der Waals surface area contributed by atoms with Crippen LogP contribution < -0.4 is 0 Å². The molecule has 0 bridgehead atoms. The molecule has 0 heterocycles. The summed E-state index contributed by atoms with van der Waals surface area (Å²) >= 11 is 15.2. The number of rotatable bonds is 3. The average Bonchev–Trinajstić information content (AvgIpc) is 2.42. The lowest BCUT2D eigenvalue weighted by atomic mass is 9.92. The van der Waals surface area contributed by atoms with Crippen LogP contribution in [0.5, 0.6) is 0 Å². The molecule has 0 aromatic heterocycles. The molecule has 0 amide bonds. The number of nitrogens with zero attached hydrogens (tertiary/aromatic N) is 1. The Morgan fingerprint density at radius 2 is 1.80 bits per heavy atom. The van der Waals surface area contributed by atoms with Gasteiger partial charge in [0.25, 0.3) is 0 Å². The molecule has 0 N–H and O–H groups in total. The highest BCUT2D eigenvalue weighted by molar-refractivity contribution is 9.10. The summed E-state index contributed by atoms with van der Waals surface area (Å²) in [5.74, 6) is -1.23. The normalized spacial score (nSPS) is 11.7. The number of Topliss-reactive ketones (excluding diaryl/α,β-unsaturated/α-hetero) is 1. The molecule has 0 aliphatic rings. The van der Waals surface area contributed by atoms with Gasteiger partial charge in [-0.15, -0.1) is 0 Å². The lowest BCUT2D eigenvalue weighted by Gasteiger charge is -2.11. The molecule has 1 unspecified atom stereocenters. The fraction of sp³-hybridized carbons (Fsp3) is 0.0667. The summed E-state index contributed by atoms with van der Waals surface area (Å²) in [6.45, 7) is 0. The van der Waals surface area contributed by atoms with Crippen LogP contribution in [-0.4, -0.2) is 5.78 Å². The monoisotopic (exact) mass is 367 g/mol. The van der Waals surface area contributed by atoms with Crippen LogP contribution in [0, 0.1) is 11.3 Å². The Balaban J connectivity index is 2.40. The summed E-state index contributed by atoms with van der Waals surface area (Å²) in [7, 11) is 0. The minimum atomic E-state index is -0.944. The first-order valence-electron chi connectivity index (χ1n) is 5.67. The van der Waals surface area contributed by atoms with E-state index in [9.17, 15) is 10.1 Å². The van der Waals surface area contributed by atoms with Crippen molar-refractivity contribution < 1.29 is 4.79 Å². The molecule has 2 nitrogen and oxygen atoms in total. The summed E-state index contributed by atoms with van der Waals surface area (Å²) in [6.07, 6.45) is 0. The summed E-state index contributed by atoms with van der Waals surface area (Å²) in [5, 5.41) is 10.1. The summed E-state index contributed by atoms with van der Waals surface area (Å²) in [4.78, 5) is 12.4. The third kappa shape index (κ3) is 3.21. The van der Waals surface area contributed by atoms with Gasteiger partial charge >= 0.3 is 0 Å². The number of benzene rings is 2. The van der Waals surface area contributed by atoms with Crippen LogP contribution in [0.4, 0.5) is 0 Å². The third-order valence-electron chi connectivity index (χ3n) is 2.79. The largest absolute Gasteiger partial charge is 0.292 e. The second-order valence-corrected chi connectivity index (χ2v) is 5.86. The second kappa shape index (κ2) is 6.41.